The highest BCUT2D eigenvalue weighted by atomic mass is 35.5. The summed E-state index contributed by atoms with van der Waals surface area (Å²) in [6.45, 7) is 1.76. The summed E-state index contributed by atoms with van der Waals surface area (Å²) in [5.41, 5.74) is 1.57. The predicted molar refractivity (Wildman–Crippen MR) is 95.2 cm³/mol. The summed E-state index contributed by atoms with van der Waals surface area (Å²) in [6.07, 6.45) is 1.97. The van der Waals surface area contributed by atoms with Crippen molar-refractivity contribution in [2.24, 2.45) is 0 Å². The largest absolute Gasteiger partial charge is 0.495 e. The molecule has 1 N–H and O–H groups in total. The normalized spacial score (nSPS) is 18.9. The summed E-state index contributed by atoms with van der Waals surface area (Å²) < 4.78 is 30.0. The van der Waals surface area contributed by atoms with Gasteiger partial charge in [0.15, 0.2) is 9.84 Å². The van der Waals surface area contributed by atoms with E-state index in [-0.39, 0.29) is 23.5 Å². The molecule has 0 saturated carbocycles. The molecule has 1 atom stereocenters. The SMILES string of the molecule is COc1ccc(NC(=O)c2cnn(C3CCS(=O)(=O)C3)c2C)cc1Cl. The van der Waals surface area contributed by atoms with Crippen LogP contribution >= 0.6 is 11.6 Å². The van der Waals surface area contributed by atoms with E-state index in [4.69, 9.17) is 16.3 Å². The van der Waals surface area contributed by atoms with Crippen molar-refractivity contribution in [3.8, 4) is 5.75 Å². The Labute approximate surface area is 150 Å². The van der Waals surface area contributed by atoms with Gasteiger partial charge in [0.25, 0.3) is 5.91 Å². The van der Waals surface area contributed by atoms with E-state index in [1.807, 2.05) is 0 Å². The Balaban J connectivity index is 1.78. The lowest BCUT2D eigenvalue weighted by Crippen LogP contribution is -2.16. The van der Waals surface area contributed by atoms with Gasteiger partial charge in [-0.2, -0.15) is 5.10 Å². The van der Waals surface area contributed by atoms with Crippen molar-refractivity contribution >= 4 is 33.0 Å². The van der Waals surface area contributed by atoms with Gasteiger partial charge >= 0.3 is 0 Å². The van der Waals surface area contributed by atoms with E-state index in [2.05, 4.69) is 10.4 Å². The molecule has 1 aliphatic rings. The zero-order valence-corrected chi connectivity index (χ0v) is 15.4. The van der Waals surface area contributed by atoms with Crippen LogP contribution in [0.2, 0.25) is 5.02 Å². The van der Waals surface area contributed by atoms with Gasteiger partial charge in [0.05, 0.1) is 41.4 Å². The van der Waals surface area contributed by atoms with Crippen LogP contribution in [0.5, 0.6) is 5.75 Å². The van der Waals surface area contributed by atoms with Crippen LogP contribution in [0.3, 0.4) is 0 Å². The topological polar surface area (TPSA) is 90.3 Å². The first kappa shape index (κ1) is 17.8. The Morgan fingerprint density at radius 2 is 2.20 bits per heavy atom. The summed E-state index contributed by atoms with van der Waals surface area (Å²) >= 11 is 6.06. The van der Waals surface area contributed by atoms with Gasteiger partial charge in [-0.1, -0.05) is 11.6 Å². The fraction of sp³-hybridized carbons (Fsp3) is 0.375. The Bertz CT molecular complexity index is 923. The van der Waals surface area contributed by atoms with Crippen molar-refractivity contribution in [1.82, 2.24) is 9.78 Å². The van der Waals surface area contributed by atoms with E-state index in [0.717, 1.165) is 0 Å². The number of carbonyl (C=O) groups excluding carboxylic acids is 1. The minimum Gasteiger partial charge on any atom is -0.495 e. The number of rotatable bonds is 4. The molecule has 0 bridgehead atoms. The monoisotopic (exact) mass is 383 g/mol. The highest BCUT2D eigenvalue weighted by molar-refractivity contribution is 7.91. The van der Waals surface area contributed by atoms with Gasteiger partial charge in [-0.15, -0.1) is 0 Å². The second-order valence-electron chi connectivity index (χ2n) is 5.95. The molecule has 134 valence electrons. The standard InChI is InChI=1S/C16H18ClN3O4S/c1-10-13(8-18-20(10)12-5-6-25(22,23)9-12)16(21)19-11-3-4-15(24-2)14(17)7-11/h3-4,7-8,12H,5-6,9H2,1-2H3,(H,19,21). The van der Waals surface area contributed by atoms with Crippen LogP contribution in [0, 0.1) is 6.92 Å². The molecule has 1 aromatic carbocycles. The number of benzene rings is 1. The lowest BCUT2D eigenvalue weighted by atomic mass is 10.2. The van der Waals surface area contributed by atoms with Crippen molar-refractivity contribution in [2.45, 2.75) is 19.4 Å². The summed E-state index contributed by atoms with van der Waals surface area (Å²) in [5.74, 6) is 0.407. The predicted octanol–water partition coefficient (Wildman–Crippen LogP) is 2.47. The number of anilines is 1. The van der Waals surface area contributed by atoms with Crippen molar-refractivity contribution in [1.29, 1.82) is 0 Å². The number of ether oxygens (including phenoxy) is 1. The minimum atomic E-state index is -3.02. The Kier molecular flexibility index (Phi) is 4.75. The quantitative estimate of drug-likeness (QED) is 0.875. The number of carbonyl (C=O) groups is 1. The van der Waals surface area contributed by atoms with Crippen molar-refractivity contribution in [3.05, 3.63) is 40.7 Å². The number of nitrogens with zero attached hydrogens (tertiary/aromatic N) is 2. The molecule has 1 fully saturated rings. The summed E-state index contributed by atoms with van der Waals surface area (Å²) in [6, 6.07) is 4.73. The highest BCUT2D eigenvalue weighted by Gasteiger charge is 2.31. The van der Waals surface area contributed by atoms with Gasteiger partial charge in [0, 0.05) is 11.4 Å². The maximum atomic E-state index is 12.5. The minimum absolute atomic E-state index is 0.0602. The highest BCUT2D eigenvalue weighted by Crippen LogP contribution is 2.28. The smallest absolute Gasteiger partial charge is 0.259 e. The third-order valence-electron chi connectivity index (χ3n) is 4.25. The second-order valence-corrected chi connectivity index (χ2v) is 8.58. The van der Waals surface area contributed by atoms with E-state index in [0.29, 0.717) is 34.1 Å². The molecule has 25 heavy (non-hydrogen) atoms. The maximum absolute atomic E-state index is 12.5. The van der Waals surface area contributed by atoms with E-state index in [9.17, 15) is 13.2 Å². The molecule has 3 rings (SSSR count). The lowest BCUT2D eigenvalue weighted by Gasteiger charge is -2.12. The molecule has 9 heteroatoms. The van der Waals surface area contributed by atoms with Crippen LogP contribution in [0.15, 0.2) is 24.4 Å². The van der Waals surface area contributed by atoms with Gasteiger partial charge in [-0.3, -0.25) is 9.48 Å². The molecule has 2 heterocycles. The van der Waals surface area contributed by atoms with Crippen molar-refractivity contribution < 1.29 is 17.9 Å². The maximum Gasteiger partial charge on any atom is 0.259 e. The third-order valence-corrected chi connectivity index (χ3v) is 6.30. The van der Waals surface area contributed by atoms with Crippen LogP contribution in [0.1, 0.15) is 28.5 Å². The van der Waals surface area contributed by atoms with Gasteiger partial charge < -0.3 is 10.1 Å². The molecule has 1 aliphatic heterocycles. The van der Waals surface area contributed by atoms with E-state index in [1.54, 1.807) is 29.8 Å². The first-order valence-electron chi connectivity index (χ1n) is 7.70. The van der Waals surface area contributed by atoms with Crippen LogP contribution in [0.4, 0.5) is 5.69 Å². The van der Waals surface area contributed by atoms with Crippen molar-refractivity contribution in [2.75, 3.05) is 23.9 Å². The zero-order valence-electron chi connectivity index (χ0n) is 13.8. The van der Waals surface area contributed by atoms with Crippen LogP contribution in [-0.2, 0) is 9.84 Å². The molecular weight excluding hydrogens is 366 g/mol. The summed E-state index contributed by atoms with van der Waals surface area (Å²) in [7, 11) is -1.50. The Hall–Kier alpha value is -2.06. The zero-order chi connectivity index (χ0) is 18.2. The Morgan fingerprint density at radius 3 is 2.80 bits per heavy atom. The fourth-order valence-electron chi connectivity index (χ4n) is 2.93. The molecular formula is C16H18ClN3O4S. The van der Waals surface area contributed by atoms with Gasteiger partial charge in [-0.05, 0) is 31.5 Å². The number of hydrogen-bond acceptors (Lipinski definition) is 5. The van der Waals surface area contributed by atoms with Crippen LogP contribution < -0.4 is 10.1 Å². The molecule has 0 spiro atoms. The van der Waals surface area contributed by atoms with Crippen LogP contribution in [0.25, 0.3) is 0 Å². The number of halogens is 1. The van der Waals surface area contributed by atoms with Gasteiger partial charge in [0.1, 0.15) is 5.75 Å². The number of sulfone groups is 1. The fourth-order valence-corrected chi connectivity index (χ4v) is 4.87. The second kappa shape index (κ2) is 6.68. The first-order valence-corrected chi connectivity index (χ1v) is 9.90. The number of nitrogens with one attached hydrogen (secondary N) is 1. The van der Waals surface area contributed by atoms with Crippen LogP contribution in [-0.4, -0.2) is 42.7 Å². The molecule has 1 amide bonds. The third kappa shape index (κ3) is 3.64. The van der Waals surface area contributed by atoms with E-state index >= 15 is 0 Å². The van der Waals surface area contributed by atoms with Gasteiger partial charge in [0.2, 0.25) is 0 Å². The Morgan fingerprint density at radius 1 is 1.44 bits per heavy atom. The molecule has 1 saturated heterocycles. The summed E-state index contributed by atoms with van der Waals surface area (Å²) in [4.78, 5) is 12.5. The lowest BCUT2D eigenvalue weighted by molar-refractivity contribution is 0.102. The molecule has 0 aliphatic carbocycles. The van der Waals surface area contributed by atoms with Crippen molar-refractivity contribution in [3.63, 3.8) is 0 Å². The summed E-state index contributed by atoms with van der Waals surface area (Å²) in [5, 5.41) is 7.37. The molecule has 2 aromatic rings. The average Bonchev–Trinajstić information content (AvgIpc) is 3.09. The molecule has 1 unspecified atom stereocenters. The molecule has 7 nitrogen and oxygen atoms in total. The number of methoxy groups -OCH3 is 1. The molecule has 1 aromatic heterocycles. The number of hydrogen-bond donors (Lipinski definition) is 1. The van der Waals surface area contributed by atoms with E-state index < -0.39 is 9.84 Å². The number of aromatic nitrogens is 2. The van der Waals surface area contributed by atoms with Gasteiger partial charge in [-0.25, -0.2) is 8.42 Å². The average molecular weight is 384 g/mol. The molecule has 0 radical (unpaired) electrons. The first-order chi connectivity index (χ1) is 11.8. The van der Waals surface area contributed by atoms with E-state index in [1.165, 1.54) is 13.3 Å². The number of amides is 1.